The van der Waals surface area contributed by atoms with Gasteiger partial charge in [-0.3, -0.25) is 19.9 Å². The van der Waals surface area contributed by atoms with Crippen molar-refractivity contribution in [3.63, 3.8) is 0 Å². The van der Waals surface area contributed by atoms with Crippen LogP contribution in [0.2, 0.25) is 0 Å². The molecule has 5 heteroatoms. The van der Waals surface area contributed by atoms with Gasteiger partial charge in [-0.25, -0.2) is 0 Å². The molecule has 0 fully saturated rings. The molecule has 5 nitrogen and oxygen atoms in total. The van der Waals surface area contributed by atoms with Crippen LogP contribution in [0.15, 0.2) is 97.6 Å². The van der Waals surface area contributed by atoms with Crippen LogP contribution >= 0.6 is 0 Å². The second kappa shape index (κ2) is 10.1. The van der Waals surface area contributed by atoms with Gasteiger partial charge < -0.3 is 4.74 Å². The Labute approximate surface area is 241 Å². The van der Waals surface area contributed by atoms with E-state index in [1.807, 2.05) is 49.1 Å². The summed E-state index contributed by atoms with van der Waals surface area (Å²) in [4.78, 5) is 18.8. The Bertz CT molecular complexity index is 1760. The van der Waals surface area contributed by atoms with Crippen molar-refractivity contribution in [3.8, 4) is 34.0 Å². The van der Waals surface area contributed by atoms with Gasteiger partial charge in [-0.15, -0.1) is 0 Å². The van der Waals surface area contributed by atoms with Crippen LogP contribution in [-0.2, 0) is 10.8 Å². The fraction of sp³-hybridized carbons (Fsp3) is 0.222. The monoisotopic (exact) mass is 538 g/mol. The molecule has 0 atom stereocenters. The second-order valence-electron chi connectivity index (χ2n) is 12.6. The fourth-order valence-electron chi connectivity index (χ4n) is 4.99. The van der Waals surface area contributed by atoms with Gasteiger partial charge >= 0.3 is 0 Å². The zero-order chi connectivity index (χ0) is 28.8. The average molecular weight is 539 g/mol. The summed E-state index contributed by atoms with van der Waals surface area (Å²) in [5, 5.41) is 1.86. The van der Waals surface area contributed by atoms with Crippen LogP contribution in [0.25, 0.3) is 44.3 Å². The van der Waals surface area contributed by atoms with Crippen molar-refractivity contribution >= 4 is 21.8 Å². The zero-order valence-corrected chi connectivity index (χ0v) is 24.4. The van der Waals surface area contributed by atoms with Gasteiger partial charge in [-0.05, 0) is 94.8 Å². The highest BCUT2D eigenvalue weighted by Crippen LogP contribution is 2.39. The summed E-state index contributed by atoms with van der Waals surface area (Å²) in [6, 6.07) is 24.7. The summed E-state index contributed by atoms with van der Waals surface area (Å²) in [6.07, 6.45) is 7.37. The van der Waals surface area contributed by atoms with Crippen molar-refractivity contribution in [3.05, 3.63) is 109 Å². The molecule has 41 heavy (non-hydrogen) atoms. The quantitative estimate of drug-likeness (QED) is 0.224. The fourth-order valence-corrected chi connectivity index (χ4v) is 4.99. The van der Waals surface area contributed by atoms with Crippen molar-refractivity contribution in [2.75, 3.05) is 0 Å². The summed E-state index contributed by atoms with van der Waals surface area (Å²) in [6.45, 7) is 13.3. The van der Waals surface area contributed by atoms with Crippen LogP contribution < -0.4 is 4.74 Å². The van der Waals surface area contributed by atoms with Crippen LogP contribution in [-0.4, -0.2) is 19.9 Å². The van der Waals surface area contributed by atoms with Crippen molar-refractivity contribution in [1.82, 2.24) is 19.9 Å². The minimum Gasteiger partial charge on any atom is -0.456 e. The Kier molecular flexibility index (Phi) is 6.53. The molecule has 6 aromatic rings. The minimum atomic E-state index is 0.0107. The average Bonchev–Trinajstić information content (AvgIpc) is 2.96. The first-order chi connectivity index (χ1) is 19.6. The highest BCUT2D eigenvalue weighted by atomic mass is 16.5. The van der Waals surface area contributed by atoms with E-state index >= 15 is 0 Å². The number of pyridine rings is 4. The lowest BCUT2D eigenvalue weighted by Gasteiger charge is -2.20. The van der Waals surface area contributed by atoms with Gasteiger partial charge in [0.15, 0.2) is 0 Å². The van der Waals surface area contributed by atoms with E-state index in [2.05, 4.69) is 100 Å². The highest BCUT2D eigenvalue weighted by Gasteiger charge is 2.18. The molecule has 2 aromatic carbocycles. The molecule has 0 saturated heterocycles. The summed E-state index contributed by atoms with van der Waals surface area (Å²) < 4.78 is 6.79. The van der Waals surface area contributed by atoms with Crippen molar-refractivity contribution in [2.45, 2.75) is 52.4 Å². The van der Waals surface area contributed by atoms with Crippen LogP contribution in [0.3, 0.4) is 0 Å². The minimum absolute atomic E-state index is 0.0107. The number of hydrogen-bond donors (Lipinski definition) is 0. The molecule has 0 spiro atoms. The molecule has 0 amide bonds. The molecule has 0 unspecified atom stereocenters. The molecule has 0 aliphatic rings. The summed E-state index contributed by atoms with van der Waals surface area (Å²) in [5.74, 6) is 1.43. The van der Waals surface area contributed by atoms with Crippen LogP contribution in [0.4, 0.5) is 0 Å². The van der Waals surface area contributed by atoms with E-state index in [0.717, 1.165) is 44.3 Å². The molecule has 4 heterocycles. The van der Waals surface area contributed by atoms with Crippen LogP contribution in [0.5, 0.6) is 11.5 Å². The Balaban J connectivity index is 1.51. The number of ether oxygens (including phenoxy) is 1. The Morgan fingerprint density at radius 3 is 1.34 bits per heavy atom. The molecule has 0 aliphatic heterocycles. The first kappa shape index (κ1) is 26.6. The summed E-state index contributed by atoms with van der Waals surface area (Å²) in [5.41, 5.74) is 7.85. The number of rotatable bonds is 4. The van der Waals surface area contributed by atoms with Gasteiger partial charge in [-0.1, -0.05) is 41.5 Å². The van der Waals surface area contributed by atoms with E-state index in [4.69, 9.17) is 14.7 Å². The maximum absolute atomic E-state index is 6.79. The SMILES string of the molecule is CC(C)(C)c1ccnc(-c2cc(Oc3cc(-c4cc(C(C)(C)C)ccn4)cc4ncccc34)c3cccnc3c2)c1. The molecule has 0 radical (unpaired) electrons. The summed E-state index contributed by atoms with van der Waals surface area (Å²) >= 11 is 0. The number of hydrogen-bond acceptors (Lipinski definition) is 5. The third-order valence-electron chi connectivity index (χ3n) is 7.43. The number of fused-ring (bicyclic) bond motifs is 2. The maximum Gasteiger partial charge on any atom is 0.137 e. The first-order valence-electron chi connectivity index (χ1n) is 14.0. The van der Waals surface area contributed by atoms with Gasteiger partial charge in [0.05, 0.1) is 22.4 Å². The van der Waals surface area contributed by atoms with Gasteiger partial charge in [0, 0.05) is 46.7 Å². The number of benzene rings is 2. The van der Waals surface area contributed by atoms with Crippen LogP contribution in [0.1, 0.15) is 52.7 Å². The maximum atomic E-state index is 6.79. The number of aromatic nitrogens is 4. The van der Waals surface area contributed by atoms with E-state index in [1.165, 1.54) is 11.1 Å². The normalized spacial score (nSPS) is 12.1. The van der Waals surface area contributed by atoms with E-state index in [9.17, 15) is 0 Å². The third kappa shape index (κ3) is 5.40. The van der Waals surface area contributed by atoms with E-state index in [-0.39, 0.29) is 10.8 Å². The smallest absolute Gasteiger partial charge is 0.137 e. The van der Waals surface area contributed by atoms with Gasteiger partial charge in [0.2, 0.25) is 0 Å². The van der Waals surface area contributed by atoms with Crippen molar-refractivity contribution in [2.24, 2.45) is 0 Å². The standard InChI is InChI=1S/C36H34N4O/c1-35(2,3)25-11-15-39-29(21-25)23-17-31-27(9-7-13-37-31)33(19-23)41-34-20-24(18-32-28(34)10-8-14-38-32)30-22-26(12-16-40-30)36(4,5)6/h7-22H,1-6H3. The molecular formula is C36H34N4O. The Hall–Kier alpha value is -4.64. The first-order valence-corrected chi connectivity index (χ1v) is 14.0. The predicted octanol–water partition coefficient (Wildman–Crippen LogP) is 9.29. The molecule has 204 valence electrons. The largest absolute Gasteiger partial charge is 0.456 e. The van der Waals surface area contributed by atoms with Crippen molar-refractivity contribution in [1.29, 1.82) is 0 Å². The Morgan fingerprint density at radius 1 is 0.488 bits per heavy atom. The molecule has 0 aliphatic carbocycles. The highest BCUT2D eigenvalue weighted by molar-refractivity contribution is 5.93. The molecule has 4 aromatic heterocycles. The summed E-state index contributed by atoms with van der Waals surface area (Å²) in [7, 11) is 0. The van der Waals surface area contributed by atoms with E-state index < -0.39 is 0 Å². The molecule has 6 rings (SSSR count). The molecule has 0 bridgehead atoms. The third-order valence-corrected chi connectivity index (χ3v) is 7.43. The second-order valence-corrected chi connectivity index (χ2v) is 12.6. The lowest BCUT2D eigenvalue weighted by atomic mass is 9.87. The topological polar surface area (TPSA) is 60.8 Å². The predicted molar refractivity (Wildman–Crippen MR) is 167 cm³/mol. The lowest BCUT2D eigenvalue weighted by molar-refractivity contribution is 0.494. The van der Waals surface area contributed by atoms with E-state index in [0.29, 0.717) is 11.5 Å². The molecule has 0 saturated carbocycles. The number of nitrogens with zero attached hydrogens (tertiary/aromatic N) is 4. The van der Waals surface area contributed by atoms with E-state index in [1.54, 1.807) is 0 Å². The lowest BCUT2D eigenvalue weighted by Crippen LogP contribution is -2.11. The molecule has 0 N–H and O–H groups in total. The molecular weight excluding hydrogens is 504 g/mol. The zero-order valence-electron chi connectivity index (χ0n) is 24.4. The van der Waals surface area contributed by atoms with Gasteiger partial charge in [0.25, 0.3) is 0 Å². The van der Waals surface area contributed by atoms with Crippen molar-refractivity contribution < 1.29 is 4.74 Å². The Morgan fingerprint density at radius 2 is 0.927 bits per heavy atom. The van der Waals surface area contributed by atoms with Gasteiger partial charge in [-0.2, -0.15) is 0 Å². The van der Waals surface area contributed by atoms with Gasteiger partial charge in [0.1, 0.15) is 11.5 Å². The van der Waals surface area contributed by atoms with Crippen LogP contribution in [0, 0.1) is 0 Å².